The van der Waals surface area contributed by atoms with E-state index in [2.05, 4.69) is 9.97 Å². The zero-order valence-corrected chi connectivity index (χ0v) is 12.2. The molecule has 0 saturated carbocycles. The number of aromatic nitrogens is 2. The SMILES string of the molecule is Cc1ccc(Oc2cc(Cl)nc(-c3ccccc3)n2)cc1. The summed E-state index contributed by atoms with van der Waals surface area (Å²) in [5, 5.41) is 0.353. The Hall–Kier alpha value is -2.39. The molecule has 0 aliphatic heterocycles. The van der Waals surface area contributed by atoms with Crippen LogP contribution in [0.2, 0.25) is 5.15 Å². The molecule has 0 aliphatic carbocycles. The van der Waals surface area contributed by atoms with E-state index >= 15 is 0 Å². The third kappa shape index (κ3) is 3.38. The van der Waals surface area contributed by atoms with E-state index in [-0.39, 0.29) is 0 Å². The first-order valence-electron chi connectivity index (χ1n) is 6.55. The van der Waals surface area contributed by atoms with Gasteiger partial charge >= 0.3 is 0 Å². The minimum absolute atomic E-state index is 0.353. The number of halogens is 1. The summed E-state index contributed by atoms with van der Waals surface area (Å²) >= 11 is 6.06. The first-order chi connectivity index (χ1) is 10.2. The Morgan fingerprint density at radius 1 is 0.905 bits per heavy atom. The molecule has 0 unspecified atom stereocenters. The van der Waals surface area contributed by atoms with Crippen molar-refractivity contribution in [1.82, 2.24) is 9.97 Å². The van der Waals surface area contributed by atoms with Gasteiger partial charge in [0.25, 0.3) is 0 Å². The molecule has 1 aromatic heterocycles. The highest BCUT2D eigenvalue weighted by Crippen LogP contribution is 2.25. The monoisotopic (exact) mass is 296 g/mol. The third-order valence-electron chi connectivity index (χ3n) is 2.95. The van der Waals surface area contributed by atoms with Crippen molar-refractivity contribution in [2.45, 2.75) is 6.92 Å². The van der Waals surface area contributed by atoms with E-state index in [0.717, 1.165) is 11.3 Å². The zero-order valence-electron chi connectivity index (χ0n) is 11.5. The molecule has 0 amide bonds. The number of ether oxygens (including phenoxy) is 1. The van der Waals surface area contributed by atoms with Crippen LogP contribution < -0.4 is 4.74 Å². The van der Waals surface area contributed by atoms with Gasteiger partial charge in [-0.3, -0.25) is 0 Å². The molecule has 4 heteroatoms. The Morgan fingerprint density at radius 3 is 2.33 bits per heavy atom. The molecule has 0 saturated heterocycles. The van der Waals surface area contributed by atoms with E-state index in [0.29, 0.717) is 16.9 Å². The van der Waals surface area contributed by atoms with E-state index in [4.69, 9.17) is 16.3 Å². The molecule has 0 radical (unpaired) electrons. The maximum absolute atomic E-state index is 6.06. The molecular weight excluding hydrogens is 284 g/mol. The lowest BCUT2D eigenvalue weighted by Crippen LogP contribution is -1.94. The highest BCUT2D eigenvalue weighted by molar-refractivity contribution is 6.29. The molecule has 0 fully saturated rings. The Morgan fingerprint density at radius 2 is 1.62 bits per heavy atom. The van der Waals surface area contributed by atoms with Crippen molar-refractivity contribution in [2.24, 2.45) is 0 Å². The van der Waals surface area contributed by atoms with Crippen molar-refractivity contribution >= 4 is 11.6 Å². The van der Waals surface area contributed by atoms with Crippen LogP contribution in [0.1, 0.15) is 5.56 Å². The van der Waals surface area contributed by atoms with Crippen molar-refractivity contribution in [3.05, 3.63) is 71.4 Å². The Labute approximate surface area is 128 Å². The predicted molar refractivity (Wildman–Crippen MR) is 83.7 cm³/mol. The number of hydrogen-bond acceptors (Lipinski definition) is 3. The summed E-state index contributed by atoms with van der Waals surface area (Å²) in [6.07, 6.45) is 0. The normalized spacial score (nSPS) is 10.4. The second-order valence-corrected chi connectivity index (χ2v) is 5.02. The van der Waals surface area contributed by atoms with E-state index in [1.54, 1.807) is 6.07 Å². The highest BCUT2D eigenvalue weighted by atomic mass is 35.5. The van der Waals surface area contributed by atoms with E-state index in [9.17, 15) is 0 Å². The van der Waals surface area contributed by atoms with E-state index in [1.165, 1.54) is 5.56 Å². The van der Waals surface area contributed by atoms with Crippen LogP contribution in [0.15, 0.2) is 60.7 Å². The maximum Gasteiger partial charge on any atom is 0.224 e. The first kappa shape index (κ1) is 13.6. The van der Waals surface area contributed by atoms with E-state index < -0.39 is 0 Å². The molecule has 0 spiro atoms. The Bertz CT molecular complexity index is 742. The summed E-state index contributed by atoms with van der Waals surface area (Å²) in [5.74, 6) is 1.69. The molecule has 3 rings (SSSR count). The quantitative estimate of drug-likeness (QED) is 0.645. The highest BCUT2D eigenvalue weighted by Gasteiger charge is 2.07. The van der Waals surface area contributed by atoms with Gasteiger partial charge in [-0.15, -0.1) is 0 Å². The van der Waals surface area contributed by atoms with Crippen LogP contribution in [-0.2, 0) is 0 Å². The topological polar surface area (TPSA) is 35.0 Å². The maximum atomic E-state index is 6.06. The van der Waals surface area contributed by atoms with Crippen molar-refractivity contribution in [2.75, 3.05) is 0 Å². The lowest BCUT2D eigenvalue weighted by atomic mass is 10.2. The first-order valence-corrected chi connectivity index (χ1v) is 6.93. The van der Waals surface area contributed by atoms with Gasteiger partial charge in [0.2, 0.25) is 5.88 Å². The van der Waals surface area contributed by atoms with Gasteiger partial charge in [0.1, 0.15) is 10.9 Å². The summed E-state index contributed by atoms with van der Waals surface area (Å²) in [6.45, 7) is 2.03. The van der Waals surface area contributed by atoms with Crippen LogP contribution in [0.25, 0.3) is 11.4 Å². The van der Waals surface area contributed by atoms with E-state index in [1.807, 2.05) is 61.5 Å². The van der Waals surface area contributed by atoms with Crippen LogP contribution in [0, 0.1) is 6.92 Å². The van der Waals surface area contributed by atoms with Gasteiger partial charge < -0.3 is 4.74 Å². The number of benzene rings is 2. The fraction of sp³-hybridized carbons (Fsp3) is 0.0588. The average Bonchev–Trinajstić information content (AvgIpc) is 2.50. The molecule has 104 valence electrons. The molecule has 2 aromatic carbocycles. The number of rotatable bonds is 3. The second kappa shape index (κ2) is 5.94. The van der Waals surface area contributed by atoms with Gasteiger partial charge in [-0.05, 0) is 19.1 Å². The third-order valence-corrected chi connectivity index (χ3v) is 3.14. The molecular formula is C17H13ClN2O. The minimum atomic E-state index is 0.353. The number of nitrogens with zero attached hydrogens (tertiary/aromatic N) is 2. The van der Waals surface area contributed by atoms with Gasteiger partial charge in [0.05, 0.1) is 0 Å². The van der Waals surface area contributed by atoms with Gasteiger partial charge in [-0.25, -0.2) is 4.98 Å². The largest absolute Gasteiger partial charge is 0.439 e. The van der Waals surface area contributed by atoms with Gasteiger partial charge in [0, 0.05) is 11.6 Å². The zero-order chi connectivity index (χ0) is 14.7. The molecule has 0 atom stereocenters. The summed E-state index contributed by atoms with van der Waals surface area (Å²) in [6, 6.07) is 19.0. The number of hydrogen-bond donors (Lipinski definition) is 0. The standard InChI is InChI=1S/C17H13ClN2O/c1-12-7-9-14(10-8-12)21-16-11-15(18)19-17(20-16)13-5-3-2-4-6-13/h2-11H,1H3. The van der Waals surface area contributed by atoms with Crippen LogP contribution in [0.5, 0.6) is 11.6 Å². The molecule has 21 heavy (non-hydrogen) atoms. The molecule has 3 aromatic rings. The summed E-state index contributed by atoms with van der Waals surface area (Å²) < 4.78 is 5.74. The molecule has 1 heterocycles. The van der Waals surface area contributed by atoms with Gasteiger partial charge in [-0.1, -0.05) is 59.6 Å². The smallest absolute Gasteiger partial charge is 0.224 e. The van der Waals surface area contributed by atoms with Crippen LogP contribution >= 0.6 is 11.6 Å². The van der Waals surface area contributed by atoms with Crippen LogP contribution in [0.3, 0.4) is 0 Å². The fourth-order valence-electron chi connectivity index (χ4n) is 1.89. The summed E-state index contributed by atoms with van der Waals surface area (Å²) in [4.78, 5) is 8.64. The second-order valence-electron chi connectivity index (χ2n) is 4.63. The molecule has 3 nitrogen and oxygen atoms in total. The predicted octanol–water partition coefficient (Wildman–Crippen LogP) is 4.90. The summed E-state index contributed by atoms with van der Waals surface area (Å²) in [5.41, 5.74) is 2.07. The Kier molecular flexibility index (Phi) is 3.84. The van der Waals surface area contributed by atoms with Crippen molar-refractivity contribution in [1.29, 1.82) is 0 Å². The van der Waals surface area contributed by atoms with Gasteiger partial charge in [-0.2, -0.15) is 4.98 Å². The molecule has 0 aliphatic rings. The lowest BCUT2D eigenvalue weighted by molar-refractivity contribution is 0.462. The minimum Gasteiger partial charge on any atom is -0.439 e. The van der Waals surface area contributed by atoms with Crippen molar-refractivity contribution < 1.29 is 4.74 Å². The van der Waals surface area contributed by atoms with Crippen LogP contribution in [0.4, 0.5) is 0 Å². The lowest BCUT2D eigenvalue weighted by Gasteiger charge is -2.07. The van der Waals surface area contributed by atoms with Crippen LogP contribution in [-0.4, -0.2) is 9.97 Å². The summed E-state index contributed by atoms with van der Waals surface area (Å²) in [7, 11) is 0. The van der Waals surface area contributed by atoms with Crippen molar-refractivity contribution in [3.63, 3.8) is 0 Å². The van der Waals surface area contributed by atoms with Gasteiger partial charge in [0.15, 0.2) is 5.82 Å². The molecule has 0 bridgehead atoms. The molecule has 0 N–H and O–H groups in total. The van der Waals surface area contributed by atoms with Crippen molar-refractivity contribution in [3.8, 4) is 23.0 Å². The number of aryl methyl sites for hydroxylation is 1. The fourth-order valence-corrected chi connectivity index (χ4v) is 2.07. The Balaban J connectivity index is 1.93. The average molecular weight is 297 g/mol.